The molecule has 1 aliphatic carbocycles. The number of hydrogen-bond acceptors (Lipinski definition) is 2. The first-order valence-corrected chi connectivity index (χ1v) is 7.18. The fourth-order valence-electron chi connectivity index (χ4n) is 3.31. The number of fused-ring (bicyclic) bond motifs is 3. The molecule has 0 bridgehead atoms. The highest BCUT2D eigenvalue weighted by Crippen LogP contribution is 2.32. The van der Waals surface area contributed by atoms with E-state index in [1.165, 1.54) is 22.2 Å². The van der Waals surface area contributed by atoms with E-state index in [1.807, 2.05) is 13.1 Å². The van der Waals surface area contributed by atoms with Crippen LogP contribution >= 0.6 is 0 Å². The van der Waals surface area contributed by atoms with Gasteiger partial charge in [0.1, 0.15) is 0 Å². The summed E-state index contributed by atoms with van der Waals surface area (Å²) >= 11 is 0. The Morgan fingerprint density at radius 2 is 2.25 bits per heavy atom. The number of aryl methyl sites for hydroxylation is 1. The second-order valence-corrected chi connectivity index (χ2v) is 5.47. The number of hydrogen-bond donors (Lipinski definition) is 2. The molecule has 1 unspecified atom stereocenters. The van der Waals surface area contributed by atoms with E-state index in [0.29, 0.717) is 12.6 Å². The van der Waals surface area contributed by atoms with Gasteiger partial charge in [0.15, 0.2) is 0 Å². The molecule has 1 aromatic carbocycles. The Morgan fingerprint density at radius 3 is 3.00 bits per heavy atom. The summed E-state index contributed by atoms with van der Waals surface area (Å²) in [6, 6.07) is 8.88. The molecule has 0 saturated heterocycles. The number of carbonyl (C=O) groups is 1. The van der Waals surface area contributed by atoms with Crippen LogP contribution in [-0.4, -0.2) is 28.7 Å². The van der Waals surface area contributed by atoms with Crippen molar-refractivity contribution < 1.29 is 9.90 Å². The highest BCUT2D eigenvalue weighted by atomic mass is 16.4. The van der Waals surface area contributed by atoms with Gasteiger partial charge in [-0.05, 0) is 37.9 Å². The van der Waals surface area contributed by atoms with E-state index in [-0.39, 0.29) is 6.42 Å². The lowest BCUT2D eigenvalue weighted by Gasteiger charge is -2.23. The molecule has 1 atom stereocenters. The lowest BCUT2D eigenvalue weighted by Crippen LogP contribution is -2.31. The molecule has 2 aromatic rings. The summed E-state index contributed by atoms with van der Waals surface area (Å²) in [6.45, 7) is 0.565. The minimum Gasteiger partial charge on any atom is -0.481 e. The molecule has 0 amide bonds. The van der Waals surface area contributed by atoms with Gasteiger partial charge in [-0.25, -0.2) is 0 Å². The summed E-state index contributed by atoms with van der Waals surface area (Å²) in [7, 11) is 2.01. The first kappa shape index (κ1) is 13.2. The fourth-order valence-corrected chi connectivity index (χ4v) is 3.31. The van der Waals surface area contributed by atoms with Crippen LogP contribution in [-0.2, 0) is 24.2 Å². The molecule has 2 N–H and O–H groups in total. The molecule has 1 aliphatic rings. The maximum atomic E-state index is 10.9. The highest BCUT2D eigenvalue weighted by Gasteiger charge is 2.24. The maximum Gasteiger partial charge on any atom is 0.305 e. The van der Waals surface area contributed by atoms with Gasteiger partial charge in [-0.1, -0.05) is 18.2 Å². The zero-order chi connectivity index (χ0) is 14.1. The van der Waals surface area contributed by atoms with Crippen LogP contribution < -0.4 is 5.32 Å². The van der Waals surface area contributed by atoms with E-state index >= 15 is 0 Å². The normalized spacial score (nSPS) is 18.1. The third-order valence-electron chi connectivity index (χ3n) is 4.33. The van der Waals surface area contributed by atoms with Crippen LogP contribution in [0.3, 0.4) is 0 Å². The Hall–Kier alpha value is -1.81. The number of nitrogens with zero attached hydrogens (tertiary/aromatic N) is 1. The van der Waals surface area contributed by atoms with Crippen molar-refractivity contribution in [3.8, 4) is 0 Å². The molecule has 0 aliphatic heterocycles. The second-order valence-electron chi connectivity index (χ2n) is 5.47. The number of para-hydroxylation sites is 1. The minimum atomic E-state index is -0.736. The summed E-state index contributed by atoms with van der Waals surface area (Å²) < 4.78 is 2.21. The van der Waals surface area contributed by atoms with Gasteiger partial charge in [0.25, 0.3) is 0 Å². The minimum absolute atomic E-state index is 0.181. The zero-order valence-electron chi connectivity index (χ0n) is 11.7. The smallest absolute Gasteiger partial charge is 0.305 e. The molecule has 20 heavy (non-hydrogen) atoms. The summed E-state index contributed by atoms with van der Waals surface area (Å²) in [5, 5.41) is 13.6. The topological polar surface area (TPSA) is 54.3 Å². The molecule has 4 nitrogen and oxygen atoms in total. The summed E-state index contributed by atoms with van der Waals surface area (Å²) in [4.78, 5) is 10.9. The van der Waals surface area contributed by atoms with Crippen LogP contribution in [0.4, 0.5) is 0 Å². The number of nitrogens with one attached hydrogen (secondary N) is 1. The summed E-state index contributed by atoms with van der Waals surface area (Å²) in [5.74, 6) is -0.736. The molecule has 0 saturated carbocycles. The molecular formula is C16H20N2O2. The number of carboxylic acid groups (broad SMARTS) is 1. The zero-order valence-corrected chi connectivity index (χ0v) is 11.7. The third kappa shape index (κ3) is 2.20. The molecule has 0 fully saturated rings. The summed E-state index contributed by atoms with van der Waals surface area (Å²) in [6.07, 6.45) is 3.36. The first-order valence-electron chi connectivity index (χ1n) is 7.18. The quantitative estimate of drug-likeness (QED) is 0.897. The van der Waals surface area contributed by atoms with Gasteiger partial charge >= 0.3 is 5.97 Å². The van der Waals surface area contributed by atoms with Gasteiger partial charge < -0.3 is 15.0 Å². The predicted octanol–water partition coefficient (Wildman–Crippen LogP) is 2.19. The monoisotopic (exact) mass is 272 g/mol. The average Bonchev–Trinajstić information content (AvgIpc) is 2.78. The third-order valence-corrected chi connectivity index (χ3v) is 4.33. The van der Waals surface area contributed by atoms with Gasteiger partial charge in [-0.15, -0.1) is 0 Å². The van der Waals surface area contributed by atoms with Crippen molar-refractivity contribution in [2.75, 3.05) is 7.05 Å². The Balaban J connectivity index is 2.07. The van der Waals surface area contributed by atoms with Crippen LogP contribution in [0.25, 0.3) is 10.9 Å². The molecule has 0 spiro atoms. The average molecular weight is 272 g/mol. The molecule has 1 aromatic heterocycles. The number of likely N-dealkylation sites (N-methyl/N-ethyl adjacent to an activating group) is 1. The molecule has 4 heteroatoms. The van der Waals surface area contributed by atoms with Gasteiger partial charge in [0.2, 0.25) is 0 Å². The van der Waals surface area contributed by atoms with E-state index < -0.39 is 5.97 Å². The van der Waals surface area contributed by atoms with Crippen molar-refractivity contribution in [2.45, 2.75) is 38.3 Å². The SMILES string of the molecule is CNC1CCc2c(c3ccccc3n2CCC(=O)O)C1. The first-order chi connectivity index (χ1) is 9.70. The molecule has 106 valence electrons. The van der Waals surface area contributed by atoms with Crippen LogP contribution in [0.2, 0.25) is 0 Å². The van der Waals surface area contributed by atoms with Crippen LogP contribution in [0.5, 0.6) is 0 Å². The van der Waals surface area contributed by atoms with Gasteiger partial charge in [-0.2, -0.15) is 0 Å². The van der Waals surface area contributed by atoms with Crippen molar-refractivity contribution in [3.63, 3.8) is 0 Å². The highest BCUT2D eigenvalue weighted by molar-refractivity contribution is 5.86. The van der Waals surface area contributed by atoms with Crippen LogP contribution in [0.1, 0.15) is 24.1 Å². The van der Waals surface area contributed by atoms with Crippen molar-refractivity contribution in [3.05, 3.63) is 35.5 Å². The predicted molar refractivity (Wildman–Crippen MR) is 79.1 cm³/mol. The van der Waals surface area contributed by atoms with Gasteiger partial charge in [-0.3, -0.25) is 4.79 Å². The van der Waals surface area contributed by atoms with E-state index in [2.05, 4.69) is 28.1 Å². The number of carboxylic acids is 1. The van der Waals surface area contributed by atoms with Crippen LogP contribution in [0, 0.1) is 0 Å². The standard InChI is InChI=1S/C16H20N2O2/c1-17-11-6-7-15-13(10-11)12-4-2-3-5-14(12)18(15)9-8-16(19)20/h2-5,11,17H,6-10H2,1H3,(H,19,20). The van der Waals surface area contributed by atoms with Gasteiger partial charge in [0.05, 0.1) is 6.42 Å². The largest absolute Gasteiger partial charge is 0.481 e. The molecule has 1 heterocycles. The Bertz CT molecular complexity index is 645. The molecule has 3 rings (SSSR count). The van der Waals surface area contributed by atoms with Gasteiger partial charge in [0, 0.05) is 29.2 Å². The second kappa shape index (κ2) is 5.29. The number of benzene rings is 1. The maximum absolute atomic E-state index is 10.9. The Labute approximate surface area is 118 Å². The van der Waals surface area contributed by atoms with Crippen molar-refractivity contribution in [2.24, 2.45) is 0 Å². The summed E-state index contributed by atoms with van der Waals surface area (Å²) in [5.41, 5.74) is 3.91. The van der Waals surface area contributed by atoms with E-state index in [4.69, 9.17) is 5.11 Å². The van der Waals surface area contributed by atoms with E-state index in [0.717, 1.165) is 19.3 Å². The molecular weight excluding hydrogens is 252 g/mol. The van der Waals surface area contributed by atoms with Crippen molar-refractivity contribution in [1.82, 2.24) is 9.88 Å². The number of aliphatic carboxylic acids is 1. The van der Waals surface area contributed by atoms with E-state index in [1.54, 1.807) is 0 Å². The van der Waals surface area contributed by atoms with E-state index in [9.17, 15) is 4.79 Å². The molecule has 0 radical (unpaired) electrons. The lowest BCUT2D eigenvalue weighted by atomic mass is 9.91. The number of aromatic nitrogens is 1. The Morgan fingerprint density at radius 1 is 1.45 bits per heavy atom. The van der Waals surface area contributed by atoms with Crippen molar-refractivity contribution in [1.29, 1.82) is 0 Å². The Kier molecular flexibility index (Phi) is 3.49. The van der Waals surface area contributed by atoms with Crippen LogP contribution in [0.15, 0.2) is 24.3 Å². The lowest BCUT2D eigenvalue weighted by molar-refractivity contribution is -0.137. The fraction of sp³-hybridized carbons (Fsp3) is 0.438. The van der Waals surface area contributed by atoms with Crippen molar-refractivity contribution >= 4 is 16.9 Å². The number of rotatable bonds is 4.